The summed E-state index contributed by atoms with van der Waals surface area (Å²) in [6.45, 7) is 2.87. The van der Waals surface area contributed by atoms with Crippen molar-refractivity contribution >= 4 is 33.3 Å². The standard InChI is InChI=1S/C16H18N2O2/c1-10-9-12(18-7-4-8-19)16-14(15(10)17)11-5-2-3-6-13(11)20-16/h2-3,5-6,9,18-19H,4,7-8,17H2,1H3. The largest absolute Gasteiger partial charge is 0.454 e. The number of hydrogen-bond acceptors (Lipinski definition) is 4. The maximum Gasteiger partial charge on any atom is 0.160 e. The molecule has 0 aliphatic rings. The van der Waals surface area contributed by atoms with Crippen LogP contribution in [0.2, 0.25) is 0 Å². The zero-order valence-corrected chi connectivity index (χ0v) is 11.4. The summed E-state index contributed by atoms with van der Waals surface area (Å²) in [5, 5.41) is 14.2. The summed E-state index contributed by atoms with van der Waals surface area (Å²) in [6.07, 6.45) is 0.700. The van der Waals surface area contributed by atoms with Crippen molar-refractivity contribution in [1.29, 1.82) is 0 Å². The molecule has 0 fully saturated rings. The monoisotopic (exact) mass is 270 g/mol. The van der Waals surface area contributed by atoms with Crippen molar-refractivity contribution in [1.82, 2.24) is 0 Å². The Kier molecular flexibility index (Phi) is 3.24. The Labute approximate surface area is 117 Å². The molecule has 0 aliphatic heterocycles. The highest BCUT2D eigenvalue weighted by Crippen LogP contribution is 2.38. The van der Waals surface area contributed by atoms with Gasteiger partial charge in [-0.15, -0.1) is 0 Å². The number of anilines is 2. The van der Waals surface area contributed by atoms with Gasteiger partial charge in [-0.25, -0.2) is 0 Å². The zero-order chi connectivity index (χ0) is 14.1. The Morgan fingerprint density at radius 2 is 2.10 bits per heavy atom. The van der Waals surface area contributed by atoms with Crippen LogP contribution in [0, 0.1) is 6.92 Å². The molecule has 0 saturated heterocycles. The smallest absolute Gasteiger partial charge is 0.160 e. The maximum atomic E-state index is 8.89. The van der Waals surface area contributed by atoms with Gasteiger partial charge in [-0.3, -0.25) is 0 Å². The van der Waals surface area contributed by atoms with Crippen molar-refractivity contribution < 1.29 is 9.52 Å². The lowest BCUT2D eigenvalue weighted by Crippen LogP contribution is -2.04. The maximum absolute atomic E-state index is 8.89. The Morgan fingerprint density at radius 1 is 1.30 bits per heavy atom. The van der Waals surface area contributed by atoms with E-state index in [2.05, 4.69) is 5.32 Å². The first-order valence-electron chi connectivity index (χ1n) is 6.77. The zero-order valence-electron chi connectivity index (χ0n) is 11.4. The molecule has 104 valence electrons. The van der Waals surface area contributed by atoms with Crippen molar-refractivity contribution in [3.63, 3.8) is 0 Å². The molecule has 1 heterocycles. The van der Waals surface area contributed by atoms with Crippen LogP contribution in [0.5, 0.6) is 0 Å². The van der Waals surface area contributed by atoms with E-state index in [1.165, 1.54) is 0 Å². The number of para-hydroxylation sites is 1. The number of aliphatic hydroxyl groups excluding tert-OH is 1. The third-order valence-electron chi connectivity index (χ3n) is 3.55. The first-order chi connectivity index (χ1) is 9.72. The Morgan fingerprint density at radius 3 is 2.90 bits per heavy atom. The summed E-state index contributed by atoms with van der Waals surface area (Å²) >= 11 is 0. The lowest BCUT2D eigenvalue weighted by molar-refractivity contribution is 0.292. The van der Waals surface area contributed by atoms with Gasteiger partial charge in [-0.05, 0) is 31.0 Å². The number of nitrogen functional groups attached to an aromatic ring is 1. The second kappa shape index (κ2) is 5.06. The van der Waals surface area contributed by atoms with E-state index < -0.39 is 0 Å². The molecule has 0 atom stereocenters. The lowest BCUT2D eigenvalue weighted by Gasteiger charge is -2.09. The number of benzene rings is 2. The topological polar surface area (TPSA) is 71.4 Å². The van der Waals surface area contributed by atoms with Gasteiger partial charge >= 0.3 is 0 Å². The van der Waals surface area contributed by atoms with Crippen LogP contribution in [0.25, 0.3) is 21.9 Å². The predicted molar refractivity (Wildman–Crippen MR) is 83.1 cm³/mol. The van der Waals surface area contributed by atoms with Gasteiger partial charge in [0.1, 0.15) is 5.58 Å². The number of rotatable bonds is 4. The number of furan rings is 1. The molecule has 3 rings (SSSR count). The third kappa shape index (κ3) is 1.98. The first kappa shape index (κ1) is 12.8. The fourth-order valence-corrected chi connectivity index (χ4v) is 2.49. The van der Waals surface area contributed by atoms with Gasteiger partial charge in [0.15, 0.2) is 5.58 Å². The van der Waals surface area contributed by atoms with E-state index in [-0.39, 0.29) is 6.61 Å². The van der Waals surface area contributed by atoms with Crippen molar-refractivity contribution in [3.05, 3.63) is 35.9 Å². The van der Waals surface area contributed by atoms with Gasteiger partial charge in [0.05, 0.1) is 11.1 Å². The highest BCUT2D eigenvalue weighted by Gasteiger charge is 2.15. The Balaban J connectivity index is 2.23. The van der Waals surface area contributed by atoms with Crippen molar-refractivity contribution in [3.8, 4) is 0 Å². The Hall–Kier alpha value is -2.20. The van der Waals surface area contributed by atoms with Crippen LogP contribution in [-0.4, -0.2) is 18.3 Å². The van der Waals surface area contributed by atoms with Crippen molar-refractivity contribution in [2.24, 2.45) is 0 Å². The quantitative estimate of drug-likeness (QED) is 0.502. The summed E-state index contributed by atoms with van der Waals surface area (Å²) in [5.74, 6) is 0. The number of hydrogen-bond donors (Lipinski definition) is 3. The second-order valence-corrected chi connectivity index (χ2v) is 4.96. The molecule has 4 N–H and O–H groups in total. The summed E-state index contributed by atoms with van der Waals surface area (Å²) in [5.41, 5.74) is 10.6. The molecule has 0 bridgehead atoms. The third-order valence-corrected chi connectivity index (χ3v) is 3.55. The molecular weight excluding hydrogens is 252 g/mol. The van der Waals surface area contributed by atoms with Gasteiger partial charge in [0.25, 0.3) is 0 Å². The summed E-state index contributed by atoms with van der Waals surface area (Å²) in [6, 6.07) is 9.90. The van der Waals surface area contributed by atoms with Crippen LogP contribution in [0.1, 0.15) is 12.0 Å². The van der Waals surface area contributed by atoms with E-state index in [0.717, 1.165) is 38.9 Å². The fraction of sp³-hybridized carbons (Fsp3) is 0.250. The molecule has 0 unspecified atom stereocenters. The second-order valence-electron chi connectivity index (χ2n) is 4.96. The normalized spacial score (nSPS) is 11.3. The van der Waals surface area contributed by atoms with Crippen LogP contribution in [-0.2, 0) is 0 Å². The lowest BCUT2D eigenvalue weighted by atomic mass is 10.1. The highest BCUT2D eigenvalue weighted by atomic mass is 16.3. The van der Waals surface area contributed by atoms with Crippen LogP contribution in [0.4, 0.5) is 11.4 Å². The average molecular weight is 270 g/mol. The molecule has 0 amide bonds. The van der Waals surface area contributed by atoms with Gasteiger partial charge in [-0.2, -0.15) is 0 Å². The fourth-order valence-electron chi connectivity index (χ4n) is 2.49. The molecule has 0 saturated carbocycles. The van der Waals surface area contributed by atoms with E-state index in [4.69, 9.17) is 15.3 Å². The van der Waals surface area contributed by atoms with Gasteiger partial charge < -0.3 is 20.6 Å². The molecule has 0 spiro atoms. The van der Waals surface area contributed by atoms with Crippen LogP contribution in [0.15, 0.2) is 34.7 Å². The Bertz CT molecular complexity index is 762. The van der Waals surface area contributed by atoms with E-state index in [1.807, 2.05) is 37.3 Å². The molecule has 0 aliphatic carbocycles. The number of nitrogens with two attached hydrogens (primary N) is 1. The van der Waals surface area contributed by atoms with Crippen molar-refractivity contribution in [2.75, 3.05) is 24.2 Å². The van der Waals surface area contributed by atoms with Gasteiger partial charge in [0.2, 0.25) is 0 Å². The molecule has 1 aromatic heterocycles. The number of fused-ring (bicyclic) bond motifs is 3. The van der Waals surface area contributed by atoms with Gasteiger partial charge in [0, 0.05) is 24.2 Å². The van der Waals surface area contributed by atoms with Crippen LogP contribution >= 0.6 is 0 Å². The predicted octanol–water partition coefficient (Wildman–Crippen LogP) is 3.27. The molecular formula is C16H18N2O2. The summed E-state index contributed by atoms with van der Waals surface area (Å²) in [4.78, 5) is 0. The molecule has 4 nitrogen and oxygen atoms in total. The molecule has 20 heavy (non-hydrogen) atoms. The highest BCUT2D eigenvalue weighted by molar-refractivity contribution is 6.15. The van der Waals surface area contributed by atoms with E-state index in [1.54, 1.807) is 0 Å². The SMILES string of the molecule is Cc1cc(NCCCO)c2oc3ccccc3c2c1N. The molecule has 0 radical (unpaired) electrons. The van der Waals surface area contributed by atoms with Crippen LogP contribution in [0.3, 0.4) is 0 Å². The van der Waals surface area contributed by atoms with Crippen LogP contribution < -0.4 is 11.1 Å². The van der Waals surface area contributed by atoms with Gasteiger partial charge in [-0.1, -0.05) is 18.2 Å². The first-order valence-corrected chi connectivity index (χ1v) is 6.77. The average Bonchev–Trinajstić information content (AvgIpc) is 2.84. The number of aryl methyl sites for hydroxylation is 1. The molecule has 3 aromatic rings. The summed E-state index contributed by atoms with van der Waals surface area (Å²) < 4.78 is 5.95. The van der Waals surface area contributed by atoms with E-state index >= 15 is 0 Å². The number of nitrogens with one attached hydrogen (secondary N) is 1. The minimum atomic E-state index is 0.171. The minimum absolute atomic E-state index is 0.171. The molecule has 2 aromatic carbocycles. The van der Waals surface area contributed by atoms with E-state index in [0.29, 0.717) is 13.0 Å². The molecule has 4 heteroatoms. The number of aliphatic hydroxyl groups is 1. The van der Waals surface area contributed by atoms with Crippen molar-refractivity contribution in [2.45, 2.75) is 13.3 Å². The summed E-state index contributed by atoms with van der Waals surface area (Å²) in [7, 11) is 0. The van der Waals surface area contributed by atoms with E-state index in [9.17, 15) is 0 Å². The minimum Gasteiger partial charge on any atom is -0.454 e.